The Hall–Kier alpha value is -1.87. The van der Waals surface area contributed by atoms with Gasteiger partial charge < -0.3 is 4.74 Å². The molecule has 0 amide bonds. The third-order valence-electron chi connectivity index (χ3n) is 2.55. The van der Waals surface area contributed by atoms with E-state index in [0.29, 0.717) is 5.19 Å². The minimum absolute atomic E-state index is 0.695. The van der Waals surface area contributed by atoms with Crippen LogP contribution >= 0.6 is 11.3 Å². The van der Waals surface area contributed by atoms with Gasteiger partial charge in [0.2, 0.25) is 0 Å². The first-order valence-corrected chi connectivity index (χ1v) is 6.23. The molecule has 2 nitrogen and oxygen atoms in total. The Bertz CT molecular complexity index is 646. The van der Waals surface area contributed by atoms with Crippen molar-refractivity contribution in [2.24, 2.45) is 0 Å². The van der Waals surface area contributed by atoms with E-state index in [2.05, 4.69) is 24.0 Å². The Balaban J connectivity index is 1.99. The van der Waals surface area contributed by atoms with Crippen LogP contribution in [0.4, 0.5) is 0 Å². The average molecular weight is 241 g/mol. The number of nitrogens with zero attached hydrogens (tertiary/aromatic N) is 1. The van der Waals surface area contributed by atoms with Crippen molar-refractivity contribution in [3.8, 4) is 10.9 Å². The van der Waals surface area contributed by atoms with Crippen molar-refractivity contribution in [2.45, 2.75) is 6.92 Å². The highest BCUT2D eigenvalue weighted by atomic mass is 32.1. The van der Waals surface area contributed by atoms with E-state index in [0.717, 1.165) is 16.0 Å². The van der Waals surface area contributed by atoms with Crippen LogP contribution in [0.25, 0.3) is 10.2 Å². The second-order valence-corrected chi connectivity index (χ2v) is 4.81. The largest absolute Gasteiger partial charge is 0.431 e. The molecule has 0 N–H and O–H groups in total. The highest BCUT2D eigenvalue weighted by Gasteiger charge is 2.07. The summed E-state index contributed by atoms with van der Waals surface area (Å²) in [5.41, 5.74) is 2.21. The lowest BCUT2D eigenvalue weighted by atomic mass is 10.2. The first-order valence-electron chi connectivity index (χ1n) is 5.42. The van der Waals surface area contributed by atoms with Crippen molar-refractivity contribution in [1.82, 2.24) is 4.98 Å². The summed E-state index contributed by atoms with van der Waals surface area (Å²) >= 11 is 1.57. The van der Waals surface area contributed by atoms with E-state index in [-0.39, 0.29) is 0 Å². The van der Waals surface area contributed by atoms with Gasteiger partial charge >= 0.3 is 0 Å². The number of para-hydroxylation sites is 2. The quantitative estimate of drug-likeness (QED) is 0.663. The molecule has 84 valence electrons. The number of aryl methyl sites for hydroxylation is 1. The molecule has 0 radical (unpaired) electrons. The lowest BCUT2D eigenvalue weighted by molar-refractivity contribution is 0.480. The summed E-state index contributed by atoms with van der Waals surface area (Å²) in [6.45, 7) is 2.06. The van der Waals surface area contributed by atoms with Crippen molar-refractivity contribution < 1.29 is 4.74 Å². The van der Waals surface area contributed by atoms with E-state index >= 15 is 0 Å². The summed E-state index contributed by atoms with van der Waals surface area (Å²) in [6.07, 6.45) is 0. The summed E-state index contributed by atoms with van der Waals surface area (Å²) in [7, 11) is 0. The molecule has 0 saturated heterocycles. The van der Waals surface area contributed by atoms with Crippen LogP contribution in [0.3, 0.4) is 0 Å². The van der Waals surface area contributed by atoms with Gasteiger partial charge in [-0.05, 0) is 30.7 Å². The highest BCUT2D eigenvalue weighted by Crippen LogP contribution is 2.32. The van der Waals surface area contributed by atoms with Gasteiger partial charge in [-0.1, -0.05) is 41.7 Å². The molecule has 0 aliphatic rings. The van der Waals surface area contributed by atoms with Gasteiger partial charge in [0.25, 0.3) is 5.19 Å². The number of hydrogen-bond donors (Lipinski definition) is 0. The van der Waals surface area contributed by atoms with Crippen LogP contribution in [-0.2, 0) is 0 Å². The summed E-state index contributed by atoms with van der Waals surface area (Å²) in [4.78, 5) is 4.50. The number of rotatable bonds is 2. The first-order chi connectivity index (χ1) is 8.33. The van der Waals surface area contributed by atoms with Gasteiger partial charge in [-0.3, -0.25) is 0 Å². The minimum Gasteiger partial charge on any atom is -0.431 e. The Morgan fingerprint density at radius 1 is 1.00 bits per heavy atom. The Morgan fingerprint density at radius 2 is 1.82 bits per heavy atom. The van der Waals surface area contributed by atoms with Crippen LogP contribution in [0.2, 0.25) is 0 Å². The van der Waals surface area contributed by atoms with Crippen LogP contribution in [0.1, 0.15) is 5.56 Å². The normalized spacial score (nSPS) is 10.6. The van der Waals surface area contributed by atoms with E-state index in [4.69, 9.17) is 4.74 Å². The number of fused-ring (bicyclic) bond motifs is 1. The maximum Gasteiger partial charge on any atom is 0.279 e. The molecule has 0 atom stereocenters. The van der Waals surface area contributed by atoms with Gasteiger partial charge in [-0.15, -0.1) is 0 Å². The van der Waals surface area contributed by atoms with E-state index < -0.39 is 0 Å². The molecule has 0 unspecified atom stereocenters. The predicted molar refractivity (Wildman–Crippen MR) is 70.9 cm³/mol. The Kier molecular flexibility index (Phi) is 2.53. The minimum atomic E-state index is 0.695. The molecule has 2 aromatic carbocycles. The van der Waals surface area contributed by atoms with Crippen LogP contribution in [0.15, 0.2) is 48.5 Å². The molecule has 1 heterocycles. The molecule has 3 aromatic rings. The summed E-state index contributed by atoms with van der Waals surface area (Å²) in [5, 5.41) is 0.695. The van der Waals surface area contributed by atoms with E-state index in [1.807, 2.05) is 36.4 Å². The SMILES string of the molecule is Cc1cccc2sc(Oc3ccccc3)nc12. The van der Waals surface area contributed by atoms with E-state index in [1.54, 1.807) is 11.3 Å². The Labute approximate surface area is 104 Å². The fraction of sp³-hybridized carbons (Fsp3) is 0.0714. The van der Waals surface area contributed by atoms with Crippen LogP contribution < -0.4 is 4.74 Å². The summed E-state index contributed by atoms with van der Waals surface area (Å²) < 4.78 is 6.89. The fourth-order valence-electron chi connectivity index (χ4n) is 1.70. The van der Waals surface area contributed by atoms with Crippen molar-refractivity contribution >= 4 is 21.6 Å². The second kappa shape index (κ2) is 4.18. The van der Waals surface area contributed by atoms with E-state index in [1.165, 1.54) is 5.56 Å². The zero-order valence-electron chi connectivity index (χ0n) is 9.38. The molecule has 17 heavy (non-hydrogen) atoms. The lowest BCUT2D eigenvalue weighted by Gasteiger charge is -1.99. The molecule has 0 spiro atoms. The van der Waals surface area contributed by atoms with Crippen molar-refractivity contribution in [2.75, 3.05) is 0 Å². The maximum absolute atomic E-state index is 5.73. The van der Waals surface area contributed by atoms with Gasteiger partial charge in [0.1, 0.15) is 5.75 Å². The second-order valence-electron chi connectivity index (χ2n) is 3.82. The molecular formula is C14H11NOS. The number of hydrogen-bond acceptors (Lipinski definition) is 3. The van der Waals surface area contributed by atoms with Gasteiger partial charge in [0.05, 0.1) is 10.2 Å². The molecule has 3 rings (SSSR count). The molecule has 1 aromatic heterocycles. The lowest BCUT2D eigenvalue weighted by Crippen LogP contribution is -1.82. The zero-order chi connectivity index (χ0) is 11.7. The van der Waals surface area contributed by atoms with Crippen LogP contribution in [0.5, 0.6) is 10.9 Å². The van der Waals surface area contributed by atoms with Crippen LogP contribution in [0, 0.1) is 6.92 Å². The summed E-state index contributed by atoms with van der Waals surface area (Å²) in [5.74, 6) is 0.823. The van der Waals surface area contributed by atoms with Crippen LogP contribution in [-0.4, -0.2) is 4.98 Å². The zero-order valence-corrected chi connectivity index (χ0v) is 10.2. The molecule has 0 saturated carbocycles. The van der Waals surface area contributed by atoms with Crippen molar-refractivity contribution in [3.05, 3.63) is 54.1 Å². The average Bonchev–Trinajstić information content (AvgIpc) is 2.74. The van der Waals surface area contributed by atoms with Crippen molar-refractivity contribution in [3.63, 3.8) is 0 Å². The molecule has 0 aliphatic heterocycles. The maximum atomic E-state index is 5.73. The van der Waals surface area contributed by atoms with Gasteiger partial charge in [0, 0.05) is 0 Å². The number of ether oxygens (including phenoxy) is 1. The topological polar surface area (TPSA) is 22.1 Å². The molecular weight excluding hydrogens is 230 g/mol. The fourth-order valence-corrected chi connectivity index (χ4v) is 2.61. The third kappa shape index (κ3) is 2.01. The van der Waals surface area contributed by atoms with Crippen molar-refractivity contribution in [1.29, 1.82) is 0 Å². The summed E-state index contributed by atoms with van der Waals surface area (Å²) in [6, 6.07) is 15.9. The third-order valence-corrected chi connectivity index (χ3v) is 3.45. The molecule has 0 bridgehead atoms. The predicted octanol–water partition coefficient (Wildman–Crippen LogP) is 4.40. The highest BCUT2D eigenvalue weighted by molar-refractivity contribution is 7.20. The molecule has 0 fully saturated rings. The van der Waals surface area contributed by atoms with Gasteiger partial charge in [-0.2, -0.15) is 0 Å². The Morgan fingerprint density at radius 3 is 2.59 bits per heavy atom. The number of thiazole rings is 1. The molecule has 3 heteroatoms. The van der Waals surface area contributed by atoms with Gasteiger partial charge in [0.15, 0.2) is 0 Å². The van der Waals surface area contributed by atoms with E-state index in [9.17, 15) is 0 Å². The van der Waals surface area contributed by atoms with Gasteiger partial charge in [-0.25, -0.2) is 4.98 Å². The monoisotopic (exact) mass is 241 g/mol. The molecule has 0 aliphatic carbocycles. The first kappa shape index (κ1) is 10.3. The smallest absolute Gasteiger partial charge is 0.279 e. The number of benzene rings is 2. The standard InChI is InChI=1S/C14H11NOS/c1-10-6-5-9-12-13(10)15-14(17-12)16-11-7-3-2-4-8-11/h2-9H,1H3. The number of aromatic nitrogens is 1.